The highest BCUT2D eigenvalue weighted by Crippen LogP contribution is 2.34. The first-order valence-corrected chi connectivity index (χ1v) is 11.6. The highest BCUT2D eigenvalue weighted by molar-refractivity contribution is 7.09. The van der Waals surface area contributed by atoms with Crippen LogP contribution in [0.2, 0.25) is 0 Å². The number of hydrogen-bond donors (Lipinski definition) is 0. The quantitative estimate of drug-likeness (QED) is 0.548. The zero-order chi connectivity index (χ0) is 21.0. The standard InChI is InChI=1S/C25H31N3OS/c1-25(2,20-10-5-4-6-11-20)24-26-21(19-30-24)18-27-14-9-15-28(17-16-27)22-12-7-8-13-23(22)29-3/h4-8,10-13,19H,9,14-18H2,1-3H3. The number of benzene rings is 2. The molecular weight excluding hydrogens is 390 g/mol. The van der Waals surface area contributed by atoms with Gasteiger partial charge in [0, 0.05) is 43.5 Å². The molecule has 1 saturated heterocycles. The van der Waals surface area contributed by atoms with Gasteiger partial charge < -0.3 is 9.64 Å². The Hall–Kier alpha value is -2.37. The summed E-state index contributed by atoms with van der Waals surface area (Å²) in [4.78, 5) is 10.0. The fourth-order valence-corrected chi connectivity index (χ4v) is 5.09. The fourth-order valence-electron chi connectivity index (χ4n) is 4.14. The molecule has 5 heteroatoms. The number of hydrogen-bond acceptors (Lipinski definition) is 5. The van der Waals surface area contributed by atoms with Crippen LogP contribution < -0.4 is 9.64 Å². The normalized spacial score (nSPS) is 15.8. The van der Waals surface area contributed by atoms with E-state index in [1.165, 1.54) is 22.0 Å². The van der Waals surface area contributed by atoms with Crippen molar-refractivity contribution < 1.29 is 4.74 Å². The number of aromatic nitrogens is 1. The maximum absolute atomic E-state index is 5.57. The number of rotatable bonds is 6. The largest absolute Gasteiger partial charge is 0.495 e. The maximum Gasteiger partial charge on any atom is 0.142 e. The topological polar surface area (TPSA) is 28.6 Å². The molecule has 0 spiro atoms. The van der Waals surface area contributed by atoms with Gasteiger partial charge in [-0.25, -0.2) is 4.98 Å². The average molecular weight is 422 g/mol. The third-order valence-corrected chi connectivity index (χ3v) is 7.20. The van der Waals surface area contributed by atoms with Gasteiger partial charge in [0.2, 0.25) is 0 Å². The van der Waals surface area contributed by atoms with Crippen molar-refractivity contribution in [1.82, 2.24) is 9.88 Å². The average Bonchev–Trinajstić information content (AvgIpc) is 3.13. The molecule has 4 nitrogen and oxygen atoms in total. The van der Waals surface area contributed by atoms with Crippen LogP contribution in [-0.2, 0) is 12.0 Å². The van der Waals surface area contributed by atoms with Crippen molar-refractivity contribution >= 4 is 17.0 Å². The molecule has 0 radical (unpaired) electrons. The Labute approximate surface area is 184 Å². The van der Waals surface area contributed by atoms with Crippen molar-refractivity contribution in [2.45, 2.75) is 32.2 Å². The van der Waals surface area contributed by atoms with E-state index in [9.17, 15) is 0 Å². The van der Waals surface area contributed by atoms with Crippen molar-refractivity contribution in [2.75, 3.05) is 38.2 Å². The number of anilines is 1. The molecular formula is C25H31N3OS. The van der Waals surface area contributed by atoms with E-state index in [0.29, 0.717) is 0 Å². The minimum atomic E-state index is -0.0658. The van der Waals surface area contributed by atoms with Gasteiger partial charge >= 0.3 is 0 Å². The van der Waals surface area contributed by atoms with Gasteiger partial charge in [-0.15, -0.1) is 11.3 Å². The Bertz CT molecular complexity index is 954. The second-order valence-electron chi connectivity index (χ2n) is 8.42. The van der Waals surface area contributed by atoms with Gasteiger partial charge in [0.15, 0.2) is 0 Å². The minimum absolute atomic E-state index is 0.0658. The third-order valence-electron chi connectivity index (χ3n) is 5.98. The van der Waals surface area contributed by atoms with Crippen molar-refractivity contribution in [1.29, 1.82) is 0 Å². The molecule has 0 atom stereocenters. The Morgan fingerprint density at radius 1 is 0.967 bits per heavy atom. The molecule has 0 saturated carbocycles. The van der Waals surface area contributed by atoms with E-state index in [2.05, 4.69) is 71.5 Å². The van der Waals surface area contributed by atoms with Crippen LogP contribution in [-0.4, -0.2) is 43.2 Å². The Morgan fingerprint density at radius 2 is 1.73 bits per heavy atom. The monoisotopic (exact) mass is 421 g/mol. The second kappa shape index (κ2) is 9.19. The lowest BCUT2D eigenvalue weighted by molar-refractivity contribution is 0.282. The van der Waals surface area contributed by atoms with E-state index in [1.54, 1.807) is 18.4 Å². The van der Waals surface area contributed by atoms with Gasteiger partial charge in [0.25, 0.3) is 0 Å². The third kappa shape index (κ3) is 4.52. The van der Waals surface area contributed by atoms with Crippen LogP contribution in [0.5, 0.6) is 5.75 Å². The summed E-state index contributed by atoms with van der Waals surface area (Å²) in [6.07, 6.45) is 1.14. The molecule has 0 N–H and O–H groups in total. The fraction of sp³-hybridized carbons (Fsp3) is 0.400. The molecule has 1 fully saturated rings. The molecule has 30 heavy (non-hydrogen) atoms. The van der Waals surface area contributed by atoms with Crippen molar-refractivity contribution in [3.05, 3.63) is 76.2 Å². The van der Waals surface area contributed by atoms with Crippen molar-refractivity contribution in [2.24, 2.45) is 0 Å². The van der Waals surface area contributed by atoms with Crippen molar-refractivity contribution in [3.63, 3.8) is 0 Å². The molecule has 0 bridgehead atoms. The Morgan fingerprint density at radius 3 is 2.53 bits per heavy atom. The van der Waals surface area contributed by atoms with Gasteiger partial charge in [-0.05, 0) is 38.0 Å². The van der Waals surface area contributed by atoms with Crippen LogP contribution in [0.4, 0.5) is 5.69 Å². The zero-order valence-corrected chi connectivity index (χ0v) is 19.0. The first kappa shape index (κ1) is 20.9. The minimum Gasteiger partial charge on any atom is -0.495 e. The maximum atomic E-state index is 5.57. The van der Waals surface area contributed by atoms with Gasteiger partial charge in [-0.1, -0.05) is 42.5 Å². The highest BCUT2D eigenvalue weighted by atomic mass is 32.1. The lowest BCUT2D eigenvalue weighted by atomic mass is 9.85. The summed E-state index contributed by atoms with van der Waals surface area (Å²) in [5, 5.41) is 3.43. The first-order chi connectivity index (χ1) is 14.6. The zero-order valence-electron chi connectivity index (χ0n) is 18.2. The molecule has 1 aliphatic rings. The first-order valence-electron chi connectivity index (χ1n) is 10.7. The second-order valence-corrected chi connectivity index (χ2v) is 9.28. The Balaban J connectivity index is 1.41. The molecule has 2 heterocycles. The predicted molar refractivity (Wildman–Crippen MR) is 126 cm³/mol. The number of thiazole rings is 1. The van der Waals surface area contributed by atoms with Crippen LogP contribution in [0.15, 0.2) is 60.0 Å². The van der Waals surface area contributed by atoms with Gasteiger partial charge in [0.1, 0.15) is 10.8 Å². The summed E-state index contributed by atoms with van der Waals surface area (Å²) in [6, 6.07) is 19.0. The van der Waals surface area contributed by atoms with Crippen molar-refractivity contribution in [3.8, 4) is 5.75 Å². The smallest absolute Gasteiger partial charge is 0.142 e. The van der Waals surface area contributed by atoms with E-state index in [-0.39, 0.29) is 5.41 Å². The van der Waals surface area contributed by atoms with E-state index in [0.717, 1.165) is 44.9 Å². The number of para-hydroxylation sites is 2. The van der Waals surface area contributed by atoms with Gasteiger partial charge in [-0.3, -0.25) is 4.90 Å². The molecule has 1 aromatic heterocycles. The van der Waals surface area contributed by atoms with Crippen LogP contribution >= 0.6 is 11.3 Å². The number of ether oxygens (including phenoxy) is 1. The van der Waals surface area contributed by atoms with E-state index >= 15 is 0 Å². The van der Waals surface area contributed by atoms with E-state index in [4.69, 9.17) is 9.72 Å². The van der Waals surface area contributed by atoms with Gasteiger partial charge in [-0.2, -0.15) is 0 Å². The molecule has 158 valence electrons. The van der Waals surface area contributed by atoms with Crippen LogP contribution in [0.1, 0.15) is 36.5 Å². The van der Waals surface area contributed by atoms with Crippen LogP contribution in [0, 0.1) is 0 Å². The summed E-state index contributed by atoms with van der Waals surface area (Å²) in [7, 11) is 1.75. The summed E-state index contributed by atoms with van der Waals surface area (Å²) < 4.78 is 5.57. The number of nitrogens with zero attached hydrogens (tertiary/aromatic N) is 3. The summed E-state index contributed by atoms with van der Waals surface area (Å²) >= 11 is 1.78. The molecule has 2 aromatic carbocycles. The highest BCUT2D eigenvalue weighted by Gasteiger charge is 2.27. The number of methoxy groups -OCH3 is 1. The van der Waals surface area contributed by atoms with Gasteiger partial charge in [0.05, 0.1) is 18.5 Å². The SMILES string of the molecule is COc1ccccc1N1CCCN(Cc2csc(C(C)(C)c3ccccc3)n2)CC1. The lowest BCUT2D eigenvalue weighted by Gasteiger charge is -2.25. The molecule has 0 unspecified atom stereocenters. The predicted octanol–water partition coefficient (Wildman–Crippen LogP) is 5.19. The molecule has 4 rings (SSSR count). The molecule has 1 aliphatic heterocycles. The van der Waals surface area contributed by atoms with E-state index in [1.807, 2.05) is 12.1 Å². The molecule has 0 aliphatic carbocycles. The van der Waals surface area contributed by atoms with E-state index < -0.39 is 0 Å². The lowest BCUT2D eigenvalue weighted by Crippen LogP contribution is -2.30. The summed E-state index contributed by atoms with van der Waals surface area (Å²) in [5.74, 6) is 0.957. The van der Waals surface area contributed by atoms with Crippen LogP contribution in [0.3, 0.4) is 0 Å². The Kier molecular flexibility index (Phi) is 6.40. The summed E-state index contributed by atoms with van der Waals surface area (Å²) in [5.41, 5.74) is 3.63. The molecule has 3 aromatic rings. The van der Waals surface area contributed by atoms with Crippen LogP contribution in [0.25, 0.3) is 0 Å². The molecule has 0 amide bonds. The summed E-state index contributed by atoms with van der Waals surface area (Å²) in [6.45, 7) is 9.64.